The Morgan fingerprint density at radius 1 is 1.22 bits per heavy atom. The number of pyridine rings is 1. The molecule has 0 amide bonds. The van der Waals surface area contributed by atoms with Crippen LogP contribution in [0.15, 0.2) is 23.7 Å². The first-order chi connectivity index (χ1) is 13.1. The van der Waals surface area contributed by atoms with Gasteiger partial charge in [0, 0.05) is 69.2 Å². The van der Waals surface area contributed by atoms with Gasteiger partial charge in [0.25, 0.3) is 0 Å². The predicted octanol–water partition coefficient (Wildman–Crippen LogP) is 2.56. The van der Waals surface area contributed by atoms with Gasteiger partial charge in [0.2, 0.25) is 0 Å². The number of Topliss-reactive ketones (excluding diaryl/α,β-unsaturated/α-hetero) is 1. The number of rotatable bonds is 4. The maximum atomic E-state index is 11.6. The molecule has 2 saturated heterocycles. The second-order valence-electron chi connectivity index (χ2n) is 7.71. The van der Waals surface area contributed by atoms with E-state index in [0.717, 1.165) is 54.8 Å². The molecule has 4 heterocycles. The maximum Gasteiger partial charge on any atom is 0.138 e. The molecule has 2 atom stereocenters. The van der Waals surface area contributed by atoms with Crippen LogP contribution >= 0.6 is 11.3 Å². The van der Waals surface area contributed by atoms with E-state index in [-0.39, 0.29) is 0 Å². The molecule has 0 aliphatic carbocycles. The monoisotopic (exact) mass is 385 g/mol. The number of hydrogen-bond donors (Lipinski definition) is 1. The summed E-state index contributed by atoms with van der Waals surface area (Å²) in [7, 11) is 0. The van der Waals surface area contributed by atoms with Crippen molar-refractivity contribution in [1.29, 1.82) is 0 Å². The fourth-order valence-corrected chi connectivity index (χ4v) is 4.92. The zero-order chi connectivity index (χ0) is 18.8. The first-order valence-corrected chi connectivity index (χ1v) is 10.6. The quantitative estimate of drug-likeness (QED) is 0.873. The topological polar surface area (TPSA) is 61.4 Å². The number of nitrogens with one attached hydrogen (secondary N) is 1. The lowest BCUT2D eigenvalue weighted by Gasteiger charge is -2.35. The molecule has 6 nitrogen and oxygen atoms in total. The standard InChI is InChI=1S/C20H27N5OS/c1-14-10-24(11-15(2)22-14)12-16-13-27-20(23-16)18-4-3-7-21-19(18)25-8-5-17(26)6-9-25/h3-4,7,13-15,22H,5-6,8-12H2,1-2H3/t14-,15+. The molecular formula is C20H27N5OS. The summed E-state index contributed by atoms with van der Waals surface area (Å²) in [5.41, 5.74) is 2.20. The van der Waals surface area contributed by atoms with E-state index in [1.54, 1.807) is 11.3 Å². The number of anilines is 1. The lowest BCUT2D eigenvalue weighted by molar-refractivity contribution is -0.119. The van der Waals surface area contributed by atoms with Gasteiger partial charge in [-0.25, -0.2) is 9.97 Å². The third-order valence-corrected chi connectivity index (χ3v) is 6.13. The zero-order valence-electron chi connectivity index (χ0n) is 16.0. The molecule has 2 fully saturated rings. The van der Waals surface area contributed by atoms with Gasteiger partial charge < -0.3 is 10.2 Å². The van der Waals surface area contributed by atoms with Gasteiger partial charge in [-0.2, -0.15) is 0 Å². The fourth-order valence-electron chi connectivity index (χ4n) is 4.09. The highest BCUT2D eigenvalue weighted by Crippen LogP contribution is 2.32. The van der Waals surface area contributed by atoms with E-state index >= 15 is 0 Å². The lowest BCUT2D eigenvalue weighted by Crippen LogP contribution is -2.53. The summed E-state index contributed by atoms with van der Waals surface area (Å²) in [5, 5.41) is 6.76. The molecule has 7 heteroatoms. The van der Waals surface area contributed by atoms with E-state index in [9.17, 15) is 4.79 Å². The van der Waals surface area contributed by atoms with Crippen molar-refractivity contribution >= 4 is 22.9 Å². The normalized spacial score (nSPS) is 24.4. The Kier molecular flexibility index (Phi) is 5.52. The molecule has 2 aromatic heterocycles. The van der Waals surface area contributed by atoms with Crippen LogP contribution in [0.5, 0.6) is 0 Å². The van der Waals surface area contributed by atoms with E-state index in [1.807, 2.05) is 12.3 Å². The van der Waals surface area contributed by atoms with Crippen molar-refractivity contribution in [3.63, 3.8) is 0 Å². The van der Waals surface area contributed by atoms with Gasteiger partial charge in [0.1, 0.15) is 16.6 Å². The van der Waals surface area contributed by atoms with E-state index < -0.39 is 0 Å². The summed E-state index contributed by atoms with van der Waals surface area (Å²) in [5.74, 6) is 1.30. The largest absolute Gasteiger partial charge is 0.355 e. The smallest absolute Gasteiger partial charge is 0.138 e. The number of piperidine rings is 1. The van der Waals surface area contributed by atoms with Crippen molar-refractivity contribution in [3.05, 3.63) is 29.4 Å². The summed E-state index contributed by atoms with van der Waals surface area (Å²) in [6.45, 7) is 8.96. The third kappa shape index (κ3) is 4.36. The Balaban J connectivity index is 1.51. The molecule has 2 aromatic rings. The molecule has 0 saturated carbocycles. The summed E-state index contributed by atoms with van der Waals surface area (Å²) >= 11 is 1.68. The minimum Gasteiger partial charge on any atom is -0.355 e. The third-order valence-electron chi connectivity index (χ3n) is 5.21. The number of hydrogen-bond acceptors (Lipinski definition) is 7. The lowest BCUT2D eigenvalue weighted by atomic mass is 10.1. The van der Waals surface area contributed by atoms with Gasteiger partial charge in [-0.1, -0.05) is 0 Å². The number of nitrogens with zero attached hydrogens (tertiary/aromatic N) is 4. The first-order valence-electron chi connectivity index (χ1n) is 9.73. The van der Waals surface area contributed by atoms with Crippen LogP contribution in [0.2, 0.25) is 0 Å². The van der Waals surface area contributed by atoms with Gasteiger partial charge in [0.05, 0.1) is 11.3 Å². The Morgan fingerprint density at radius 3 is 2.70 bits per heavy atom. The van der Waals surface area contributed by atoms with Crippen LogP contribution in [0.3, 0.4) is 0 Å². The van der Waals surface area contributed by atoms with Crippen molar-refractivity contribution < 1.29 is 4.79 Å². The van der Waals surface area contributed by atoms with Crippen molar-refractivity contribution in [2.24, 2.45) is 0 Å². The van der Waals surface area contributed by atoms with Crippen LogP contribution in [0, 0.1) is 0 Å². The van der Waals surface area contributed by atoms with E-state index in [0.29, 0.717) is 30.7 Å². The van der Waals surface area contributed by atoms with Crippen molar-refractivity contribution in [1.82, 2.24) is 20.2 Å². The molecule has 2 aliphatic rings. The van der Waals surface area contributed by atoms with Crippen molar-refractivity contribution in [3.8, 4) is 10.6 Å². The number of carbonyl (C=O) groups is 1. The van der Waals surface area contributed by atoms with Gasteiger partial charge in [-0.05, 0) is 26.0 Å². The molecule has 0 spiro atoms. The molecule has 27 heavy (non-hydrogen) atoms. The second-order valence-corrected chi connectivity index (χ2v) is 8.57. The number of piperazine rings is 1. The molecule has 2 aliphatic heterocycles. The highest BCUT2D eigenvalue weighted by molar-refractivity contribution is 7.13. The molecule has 0 bridgehead atoms. The number of ketones is 1. The Labute approximate surface area is 164 Å². The average Bonchev–Trinajstić information content (AvgIpc) is 3.10. The van der Waals surface area contributed by atoms with Crippen LogP contribution in [-0.2, 0) is 11.3 Å². The Morgan fingerprint density at radius 2 is 1.96 bits per heavy atom. The minimum atomic E-state index is 0.347. The summed E-state index contributed by atoms with van der Waals surface area (Å²) in [6, 6.07) is 5.09. The second kappa shape index (κ2) is 8.04. The van der Waals surface area contributed by atoms with Gasteiger partial charge in [-0.15, -0.1) is 11.3 Å². The summed E-state index contributed by atoms with van der Waals surface area (Å²) < 4.78 is 0. The van der Waals surface area contributed by atoms with E-state index in [2.05, 4.69) is 45.4 Å². The van der Waals surface area contributed by atoms with Crippen LogP contribution in [-0.4, -0.2) is 58.9 Å². The highest BCUT2D eigenvalue weighted by Gasteiger charge is 2.23. The van der Waals surface area contributed by atoms with Crippen LogP contribution < -0.4 is 10.2 Å². The highest BCUT2D eigenvalue weighted by atomic mass is 32.1. The molecule has 0 unspecified atom stereocenters. The first kappa shape index (κ1) is 18.5. The van der Waals surface area contributed by atoms with Crippen molar-refractivity contribution in [2.75, 3.05) is 31.1 Å². The van der Waals surface area contributed by atoms with E-state index in [1.165, 1.54) is 0 Å². The number of aromatic nitrogens is 2. The summed E-state index contributed by atoms with van der Waals surface area (Å²) in [6.07, 6.45) is 3.05. The van der Waals surface area contributed by atoms with Crippen molar-refractivity contribution in [2.45, 2.75) is 45.3 Å². The van der Waals surface area contributed by atoms with Crippen LogP contribution in [0.1, 0.15) is 32.4 Å². The fraction of sp³-hybridized carbons (Fsp3) is 0.550. The SMILES string of the molecule is C[C@@H]1CN(Cc2csc(-c3cccnc3N3CCC(=O)CC3)n2)C[C@H](C)N1. The molecule has 0 radical (unpaired) electrons. The number of carbonyl (C=O) groups excluding carboxylic acids is 1. The zero-order valence-corrected chi connectivity index (χ0v) is 16.8. The van der Waals surface area contributed by atoms with Gasteiger partial charge in [0.15, 0.2) is 0 Å². The molecular weight excluding hydrogens is 358 g/mol. The minimum absolute atomic E-state index is 0.347. The maximum absolute atomic E-state index is 11.6. The average molecular weight is 386 g/mol. The van der Waals surface area contributed by atoms with Gasteiger partial charge in [-0.3, -0.25) is 9.69 Å². The van der Waals surface area contributed by atoms with Crippen LogP contribution in [0.25, 0.3) is 10.6 Å². The molecule has 144 valence electrons. The Hall–Kier alpha value is -1.83. The predicted molar refractivity (Wildman–Crippen MR) is 109 cm³/mol. The molecule has 4 rings (SSSR count). The summed E-state index contributed by atoms with van der Waals surface area (Å²) in [4.78, 5) is 25.8. The molecule has 0 aromatic carbocycles. The van der Waals surface area contributed by atoms with E-state index in [4.69, 9.17) is 4.98 Å². The molecule has 1 N–H and O–H groups in total. The Bertz CT molecular complexity index is 787. The van der Waals surface area contributed by atoms with Gasteiger partial charge >= 0.3 is 0 Å². The number of thiazole rings is 1. The van der Waals surface area contributed by atoms with Crippen LogP contribution in [0.4, 0.5) is 5.82 Å².